The number of hydrogen-bond donors (Lipinski definition) is 1. The number of piperidine rings is 1. The fourth-order valence-corrected chi connectivity index (χ4v) is 4.87. The van der Waals surface area contributed by atoms with Crippen LogP contribution in [0.1, 0.15) is 36.6 Å². The number of aromatic amines is 1. The third-order valence-electron chi connectivity index (χ3n) is 6.81. The summed E-state index contributed by atoms with van der Waals surface area (Å²) in [4.78, 5) is 31.8. The number of carbonyl (C=O) groups excluding carboxylic acids is 1. The van der Waals surface area contributed by atoms with Crippen molar-refractivity contribution in [3.63, 3.8) is 0 Å². The van der Waals surface area contributed by atoms with E-state index in [0.717, 1.165) is 70.4 Å². The molecule has 1 saturated heterocycles. The lowest BCUT2D eigenvalue weighted by molar-refractivity contribution is 0.0726. The van der Waals surface area contributed by atoms with Gasteiger partial charge < -0.3 is 9.88 Å². The van der Waals surface area contributed by atoms with E-state index in [1.807, 2.05) is 53.8 Å². The Morgan fingerprint density at radius 3 is 2.78 bits per heavy atom. The number of nitrogens with one attached hydrogen (secondary N) is 1. The maximum absolute atomic E-state index is 13.2. The van der Waals surface area contributed by atoms with Crippen molar-refractivity contribution >= 4 is 40.9 Å². The molecule has 36 heavy (non-hydrogen) atoms. The van der Waals surface area contributed by atoms with Crippen molar-refractivity contribution in [2.45, 2.75) is 19.3 Å². The molecule has 1 fully saturated rings. The number of aliphatic imine (C=N–C) groups is 1. The number of H-pyrrole nitrogens is 1. The molecule has 6 rings (SSSR count). The number of nitrogens with zero attached hydrogens (tertiary/aromatic N) is 6. The van der Waals surface area contributed by atoms with Gasteiger partial charge in [-0.3, -0.25) is 9.79 Å². The van der Waals surface area contributed by atoms with Crippen molar-refractivity contribution in [1.29, 1.82) is 0 Å². The number of pyridine rings is 1. The molecule has 1 amide bonds. The largest absolute Gasteiger partial charge is 0.345 e. The van der Waals surface area contributed by atoms with Crippen LogP contribution in [0.5, 0.6) is 0 Å². The second-order valence-electron chi connectivity index (χ2n) is 8.95. The minimum Gasteiger partial charge on any atom is -0.345 e. The molecule has 5 aromatic rings. The zero-order chi connectivity index (χ0) is 24.6. The summed E-state index contributed by atoms with van der Waals surface area (Å²) in [6.45, 7) is 9.08. The molecule has 0 saturated carbocycles. The SMILES string of the molecule is C=Cc1cc(-c2ncc3c(-c4ccn5ncc(C(=O)N6CCCCC6)c5c4)c[nH]c3n2)ccc1N=C.[HH]. The zero-order valence-electron chi connectivity index (χ0n) is 19.8. The molecule has 5 heterocycles. The van der Waals surface area contributed by atoms with Crippen LogP contribution < -0.4 is 0 Å². The number of fused-ring (bicyclic) bond motifs is 2. The topological polar surface area (TPSA) is 91.5 Å². The van der Waals surface area contributed by atoms with Crippen molar-refractivity contribution in [2.75, 3.05) is 13.1 Å². The van der Waals surface area contributed by atoms with Gasteiger partial charge in [-0.25, -0.2) is 14.5 Å². The van der Waals surface area contributed by atoms with E-state index in [9.17, 15) is 4.79 Å². The molecule has 8 heteroatoms. The molecular weight excluding hydrogens is 450 g/mol. The maximum atomic E-state index is 13.2. The Morgan fingerprint density at radius 1 is 1.11 bits per heavy atom. The van der Waals surface area contributed by atoms with Crippen molar-refractivity contribution < 1.29 is 6.22 Å². The van der Waals surface area contributed by atoms with Gasteiger partial charge in [-0.05, 0) is 61.9 Å². The van der Waals surface area contributed by atoms with Crippen LogP contribution in [-0.4, -0.2) is 55.2 Å². The average Bonchev–Trinajstić information content (AvgIpc) is 3.56. The van der Waals surface area contributed by atoms with Gasteiger partial charge in [-0.2, -0.15) is 5.10 Å². The molecule has 1 N–H and O–H groups in total. The summed E-state index contributed by atoms with van der Waals surface area (Å²) in [5.74, 6) is 0.653. The van der Waals surface area contributed by atoms with E-state index in [1.54, 1.807) is 16.8 Å². The first-order valence-corrected chi connectivity index (χ1v) is 12.0. The fourth-order valence-electron chi connectivity index (χ4n) is 4.87. The highest BCUT2D eigenvalue weighted by molar-refractivity contribution is 6.02. The van der Waals surface area contributed by atoms with Crippen LogP contribution in [0.3, 0.4) is 0 Å². The zero-order valence-corrected chi connectivity index (χ0v) is 19.8. The van der Waals surface area contributed by atoms with Crippen molar-refractivity contribution in [3.8, 4) is 22.5 Å². The molecule has 0 unspecified atom stereocenters. The second-order valence-corrected chi connectivity index (χ2v) is 8.95. The first-order chi connectivity index (χ1) is 17.7. The lowest BCUT2D eigenvalue weighted by Crippen LogP contribution is -2.35. The summed E-state index contributed by atoms with van der Waals surface area (Å²) in [6.07, 6.45) is 12.3. The van der Waals surface area contributed by atoms with Gasteiger partial charge in [-0.15, -0.1) is 0 Å². The van der Waals surface area contributed by atoms with Crippen LogP contribution in [0.2, 0.25) is 0 Å². The summed E-state index contributed by atoms with van der Waals surface area (Å²) in [7, 11) is 0. The predicted molar refractivity (Wildman–Crippen MR) is 145 cm³/mol. The van der Waals surface area contributed by atoms with Crippen LogP contribution in [-0.2, 0) is 0 Å². The molecule has 0 bridgehead atoms. The third kappa shape index (κ3) is 3.67. The Kier molecular flexibility index (Phi) is 5.41. The van der Waals surface area contributed by atoms with Gasteiger partial charge in [0.1, 0.15) is 5.65 Å². The number of carbonyl (C=O) groups is 1. The van der Waals surface area contributed by atoms with Crippen molar-refractivity contribution in [1.82, 2.24) is 29.5 Å². The molecule has 1 aromatic carbocycles. The first kappa shape index (κ1) is 21.9. The quantitative estimate of drug-likeness (QED) is 0.325. The number of aromatic nitrogens is 5. The Labute approximate surface area is 209 Å². The van der Waals surface area contributed by atoms with Crippen LogP contribution in [0.4, 0.5) is 5.69 Å². The summed E-state index contributed by atoms with van der Waals surface area (Å²) in [5.41, 5.74) is 6.61. The average molecular weight is 478 g/mol. The van der Waals surface area contributed by atoms with Crippen molar-refractivity contribution in [3.05, 3.63) is 72.8 Å². The first-order valence-electron chi connectivity index (χ1n) is 12.0. The molecule has 0 aliphatic carbocycles. The molecule has 0 radical (unpaired) electrons. The maximum Gasteiger partial charge on any atom is 0.257 e. The van der Waals surface area contributed by atoms with Gasteiger partial charge in [0.05, 0.1) is 23.0 Å². The van der Waals surface area contributed by atoms with Gasteiger partial charge in [0, 0.05) is 55.2 Å². The highest BCUT2D eigenvalue weighted by Crippen LogP contribution is 2.31. The van der Waals surface area contributed by atoms with Gasteiger partial charge in [0.15, 0.2) is 5.82 Å². The standard InChI is InChI=1S/C28H25N7O.H2/c1-3-18-13-20(7-8-24(18)29-2)26-30-16-22-21(15-31-27(22)33-26)19-9-12-35-25(14-19)23(17-32-35)28(36)34-10-5-4-6-11-34;/h3,7-9,12-17H,1-2,4-6,10-11H2,(H,30,31,33);1H. The number of amides is 1. The van der Waals surface area contributed by atoms with E-state index in [1.165, 1.54) is 6.42 Å². The minimum atomic E-state index is 0. The molecular formula is C28H27N7O. The Hall–Kier alpha value is -4.59. The number of benzene rings is 1. The normalized spacial score (nSPS) is 13.8. The second kappa shape index (κ2) is 8.88. The lowest BCUT2D eigenvalue weighted by atomic mass is 10.1. The van der Waals surface area contributed by atoms with E-state index >= 15 is 0 Å². The van der Waals surface area contributed by atoms with Crippen LogP contribution >= 0.6 is 0 Å². The Balaban J connectivity index is 0.00000280. The highest BCUT2D eigenvalue weighted by atomic mass is 16.2. The van der Waals surface area contributed by atoms with Crippen LogP contribution in [0, 0.1) is 0 Å². The number of rotatable bonds is 5. The molecule has 1 aliphatic heterocycles. The van der Waals surface area contributed by atoms with E-state index in [2.05, 4.69) is 33.4 Å². The monoisotopic (exact) mass is 477 g/mol. The fraction of sp³-hybridized carbons (Fsp3) is 0.179. The predicted octanol–water partition coefficient (Wildman–Crippen LogP) is 5.79. The molecule has 0 spiro atoms. The van der Waals surface area contributed by atoms with Crippen molar-refractivity contribution in [2.24, 2.45) is 4.99 Å². The number of hydrogen-bond acceptors (Lipinski definition) is 5. The Morgan fingerprint density at radius 2 is 1.97 bits per heavy atom. The summed E-state index contributed by atoms with van der Waals surface area (Å²) in [6, 6.07) is 9.77. The smallest absolute Gasteiger partial charge is 0.257 e. The minimum absolute atomic E-state index is 0. The van der Waals surface area contributed by atoms with E-state index in [-0.39, 0.29) is 7.33 Å². The number of likely N-dealkylation sites (tertiary alicyclic amines) is 1. The van der Waals surface area contributed by atoms with Gasteiger partial charge in [0.25, 0.3) is 5.91 Å². The molecule has 1 aliphatic rings. The lowest BCUT2D eigenvalue weighted by Gasteiger charge is -2.26. The third-order valence-corrected chi connectivity index (χ3v) is 6.81. The summed E-state index contributed by atoms with van der Waals surface area (Å²) in [5, 5.41) is 5.31. The van der Waals surface area contributed by atoms with Gasteiger partial charge >= 0.3 is 0 Å². The Bertz CT molecular complexity index is 1650. The summed E-state index contributed by atoms with van der Waals surface area (Å²) < 4.78 is 1.75. The van der Waals surface area contributed by atoms with E-state index in [4.69, 9.17) is 4.98 Å². The van der Waals surface area contributed by atoms with Gasteiger partial charge in [0.2, 0.25) is 0 Å². The summed E-state index contributed by atoms with van der Waals surface area (Å²) >= 11 is 0. The van der Waals surface area contributed by atoms with Crippen LogP contribution in [0.15, 0.2) is 66.7 Å². The molecule has 180 valence electrons. The van der Waals surface area contributed by atoms with E-state index < -0.39 is 0 Å². The van der Waals surface area contributed by atoms with Crippen LogP contribution in [0.25, 0.3) is 45.1 Å². The van der Waals surface area contributed by atoms with E-state index in [0.29, 0.717) is 11.4 Å². The molecule has 4 aromatic heterocycles. The molecule has 8 nitrogen and oxygen atoms in total. The van der Waals surface area contributed by atoms with Gasteiger partial charge in [-0.1, -0.05) is 12.7 Å². The highest BCUT2D eigenvalue weighted by Gasteiger charge is 2.22. The molecule has 0 atom stereocenters.